The molecule has 0 spiro atoms. The van der Waals surface area contributed by atoms with Crippen LogP contribution in [0.4, 0.5) is 10.1 Å². The lowest BCUT2D eigenvalue weighted by molar-refractivity contribution is 0.176. The zero-order chi connectivity index (χ0) is 10.8. The number of anilines is 1. The molecule has 1 N–H and O–H groups in total. The molecule has 82 valence electrons. The summed E-state index contributed by atoms with van der Waals surface area (Å²) in [5.74, 6) is -0.202. The molecule has 3 heteroatoms. The van der Waals surface area contributed by atoms with Gasteiger partial charge in [0.15, 0.2) is 0 Å². The van der Waals surface area contributed by atoms with Crippen LogP contribution in [0.2, 0.25) is 0 Å². The van der Waals surface area contributed by atoms with Gasteiger partial charge in [-0.15, -0.1) is 0 Å². The molecule has 1 aliphatic rings. The van der Waals surface area contributed by atoms with Gasteiger partial charge in [0, 0.05) is 18.8 Å². The molecule has 0 amide bonds. The van der Waals surface area contributed by atoms with Gasteiger partial charge in [-0.05, 0) is 30.5 Å². The summed E-state index contributed by atoms with van der Waals surface area (Å²) in [7, 11) is 0. The van der Waals surface area contributed by atoms with Crippen LogP contribution in [0.3, 0.4) is 0 Å². The number of rotatable bonds is 3. The fourth-order valence-corrected chi connectivity index (χ4v) is 1.99. The highest BCUT2D eigenvalue weighted by Crippen LogP contribution is 2.28. The monoisotopic (exact) mass is 209 g/mol. The third-order valence-electron chi connectivity index (χ3n) is 2.94. The second-order valence-corrected chi connectivity index (χ2v) is 4.03. The summed E-state index contributed by atoms with van der Waals surface area (Å²) >= 11 is 0. The van der Waals surface area contributed by atoms with Crippen molar-refractivity contribution in [3.8, 4) is 0 Å². The van der Waals surface area contributed by atoms with Crippen molar-refractivity contribution in [2.45, 2.75) is 25.9 Å². The lowest BCUT2D eigenvalue weighted by Gasteiger charge is -2.22. The minimum Gasteiger partial charge on any atom is -0.391 e. The summed E-state index contributed by atoms with van der Waals surface area (Å²) in [6.07, 6.45) is 1.37. The highest BCUT2D eigenvalue weighted by atomic mass is 19.1. The standard InChI is InChI=1S/C12H16FNO/c1-2-11(15)8-14-6-5-9-3-4-10(13)7-12(9)14/h3-4,7,11,15H,2,5-6,8H2,1H3/t11-/m1/s1. The summed E-state index contributed by atoms with van der Waals surface area (Å²) in [5.41, 5.74) is 2.13. The van der Waals surface area contributed by atoms with E-state index >= 15 is 0 Å². The molecule has 15 heavy (non-hydrogen) atoms. The number of fused-ring (bicyclic) bond motifs is 1. The summed E-state index contributed by atoms with van der Waals surface area (Å²) in [5, 5.41) is 9.58. The van der Waals surface area contributed by atoms with Gasteiger partial charge in [0.1, 0.15) is 5.82 Å². The number of β-amino-alcohol motifs (C(OH)–C–C–N with tert-alkyl or cyclic N) is 1. The van der Waals surface area contributed by atoms with Gasteiger partial charge in [-0.25, -0.2) is 4.39 Å². The van der Waals surface area contributed by atoms with Crippen molar-refractivity contribution in [3.05, 3.63) is 29.6 Å². The van der Waals surface area contributed by atoms with Crippen molar-refractivity contribution in [1.29, 1.82) is 0 Å². The third-order valence-corrected chi connectivity index (χ3v) is 2.94. The van der Waals surface area contributed by atoms with Crippen LogP contribution in [0.1, 0.15) is 18.9 Å². The van der Waals surface area contributed by atoms with E-state index in [-0.39, 0.29) is 11.9 Å². The van der Waals surface area contributed by atoms with E-state index in [0.29, 0.717) is 6.54 Å². The first kappa shape index (κ1) is 10.4. The van der Waals surface area contributed by atoms with E-state index in [1.165, 1.54) is 11.6 Å². The molecule has 1 heterocycles. The van der Waals surface area contributed by atoms with Gasteiger partial charge in [0.25, 0.3) is 0 Å². The molecule has 0 saturated heterocycles. The van der Waals surface area contributed by atoms with Gasteiger partial charge in [0.05, 0.1) is 6.10 Å². The molecule has 0 fully saturated rings. The van der Waals surface area contributed by atoms with Gasteiger partial charge in [0.2, 0.25) is 0 Å². The zero-order valence-corrected chi connectivity index (χ0v) is 8.91. The smallest absolute Gasteiger partial charge is 0.125 e. The molecule has 2 nitrogen and oxygen atoms in total. The van der Waals surface area contributed by atoms with Crippen molar-refractivity contribution < 1.29 is 9.50 Å². The number of hydrogen-bond acceptors (Lipinski definition) is 2. The van der Waals surface area contributed by atoms with Gasteiger partial charge in [-0.2, -0.15) is 0 Å². The first-order valence-electron chi connectivity index (χ1n) is 5.42. The fraction of sp³-hybridized carbons (Fsp3) is 0.500. The second kappa shape index (κ2) is 4.19. The van der Waals surface area contributed by atoms with Crippen molar-refractivity contribution in [3.63, 3.8) is 0 Å². The van der Waals surface area contributed by atoms with E-state index in [1.54, 1.807) is 6.07 Å². The quantitative estimate of drug-likeness (QED) is 0.822. The first-order valence-corrected chi connectivity index (χ1v) is 5.42. The number of benzene rings is 1. The van der Waals surface area contributed by atoms with Crippen LogP contribution < -0.4 is 4.90 Å². The molecular formula is C12H16FNO. The average Bonchev–Trinajstić information content (AvgIpc) is 2.61. The maximum absolute atomic E-state index is 13.1. The Morgan fingerprint density at radius 3 is 3.07 bits per heavy atom. The predicted octanol–water partition coefficient (Wildman–Crippen LogP) is 1.96. The molecule has 1 aliphatic heterocycles. The van der Waals surface area contributed by atoms with E-state index in [1.807, 2.05) is 13.0 Å². The van der Waals surface area contributed by atoms with Crippen LogP contribution >= 0.6 is 0 Å². The van der Waals surface area contributed by atoms with Crippen molar-refractivity contribution >= 4 is 5.69 Å². The maximum Gasteiger partial charge on any atom is 0.125 e. The number of aliphatic hydroxyl groups is 1. The third kappa shape index (κ3) is 2.12. The molecule has 1 aromatic rings. The minimum atomic E-state index is -0.320. The molecule has 0 saturated carbocycles. The van der Waals surface area contributed by atoms with E-state index in [9.17, 15) is 9.50 Å². The zero-order valence-electron chi connectivity index (χ0n) is 8.91. The largest absolute Gasteiger partial charge is 0.391 e. The van der Waals surface area contributed by atoms with Gasteiger partial charge in [-0.1, -0.05) is 13.0 Å². The van der Waals surface area contributed by atoms with E-state index in [4.69, 9.17) is 0 Å². The maximum atomic E-state index is 13.1. The van der Waals surface area contributed by atoms with Crippen LogP contribution in [0.5, 0.6) is 0 Å². The van der Waals surface area contributed by atoms with Crippen molar-refractivity contribution in [2.24, 2.45) is 0 Å². The van der Waals surface area contributed by atoms with Crippen molar-refractivity contribution in [1.82, 2.24) is 0 Å². The Kier molecular flexibility index (Phi) is 2.91. The van der Waals surface area contributed by atoms with Crippen LogP contribution in [0.25, 0.3) is 0 Å². The highest BCUT2D eigenvalue weighted by molar-refractivity contribution is 5.58. The molecule has 1 aromatic carbocycles. The number of aliphatic hydroxyl groups excluding tert-OH is 1. The topological polar surface area (TPSA) is 23.5 Å². The summed E-state index contributed by atoms with van der Waals surface area (Å²) in [6, 6.07) is 4.90. The Morgan fingerprint density at radius 1 is 1.53 bits per heavy atom. The Labute approximate surface area is 89.3 Å². The summed E-state index contributed by atoms with van der Waals surface area (Å²) in [6.45, 7) is 3.44. The Balaban J connectivity index is 2.16. The normalized spacial score (nSPS) is 16.6. The van der Waals surface area contributed by atoms with Crippen LogP contribution in [0, 0.1) is 5.82 Å². The second-order valence-electron chi connectivity index (χ2n) is 4.03. The van der Waals surface area contributed by atoms with E-state index in [0.717, 1.165) is 25.1 Å². The van der Waals surface area contributed by atoms with E-state index in [2.05, 4.69) is 4.90 Å². The summed E-state index contributed by atoms with van der Waals surface area (Å²) in [4.78, 5) is 2.06. The SMILES string of the molecule is CC[C@@H](O)CN1CCc2ccc(F)cc21. The lowest BCUT2D eigenvalue weighted by atomic mass is 10.1. The Hall–Kier alpha value is -1.09. The molecule has 0 aliphatic carbocycles. The number of hydrogen-bond donors (Lipinski definition) is 1. The molecular weight excluding hydrogens is 193 g/mol. The average molecular weight is 209 g/mol. The van der Waals surface area contributed by atoms with Crippen LogP contribution in [0.15, 0.2) is 18.2 Å². The summed E-state index contributed by atoms with van der Waals surface area (Å²) < 4.78 is 13.1. The molecule has 0 radical (unpaired) electrons. The van der Waals surface area contributed by atoms with E-state index < -0.39 is 0 Å². The van der Waals surface area contributed by atoms with Crippen LogP contribution in [-0.2, 0) is 6.42 Å². The molecule has 2 rings (SSSR count). The number of nitrogens with zero attached hydrogens (tertiary/aromatic N) is 1. The van der Waals surface area contributed by atoms with Crippen LogP contribution in [-0.4, -0.2) is 24.3 Å². The first-order chi connectivity index (χ1) is 7.20. The molecule has 0 aromatic heterocycles. The van der Waals surface area contributed by atoms with Gasteiger partial charge >= 0.3 is 0 Å². The molecule has 1 atom stereocenters. The van der Waals surface area contributed by atoms with Gasteiger partial charge in [-0.3, -0.25) is 0 Å². The van der Waals surface area contributed by atoms with Crippen molar-refractivity contribution in [2.75, 3.05) is 18.0 Å². The Morgan fingerprint density at radius 2 is 2.33 bits per heavy atom. The molecule has 0 unspecified atom stereocenters. The minimum absolute atomic E-state index is 0.202. The lowest BCUT2D eigenvalue weighted by Crippen LogP contribution is -2.30. The highest BCUT2D eigenvalue weighted by Gasteiger charge is 2.20. The molecule has 0 bridgehead atoms. The Bertz CT molecular complexity index is 353. The predicted molar refractivity (Wildman–Crippen MR) is 58.6 cm³/mol. The fourth-order valence-electron chi connectivity index (χ4n) is 1.99. The van der Waals surface area contributed by atoms with Gasteiger partial charge < -0.3 is 10.0 Å². The number of halogens is 1.